The van der Waals surface area contributed by atoms with Crippen LogP contribution in [-0.4, -0.2) is 10.8 Å². The Morgan fingerprint density at radius 2 is 2.00 bits per heavy atom. The molecule has 3 rings (SSSR count). The molecule has 2 aromatic rings. The van der Waals surface area contributed by atoms with Gasteiger partial charge in [-0.3, -0.25) is 9.78 Å². The van der Waals surface area contributed by atoms with Gasteiger partial charge in [0.1, 0.15) is 0 Å². The molecule has 17 heavy (non-hydrogen) atoms. The number of carbonyl (C=O) groups is 1. The number of carbonyl (C=O) groups excluding carboxylic acids is 1. The number of nitrogens with zero attached hydrogens (tertiary/aromatic N) is 1. The van der Waals surface area contributed by atoms with Crippen LogP contribution in [0.4, 0.5) is 0 Å². The van der Waals surface area contributed by atoms with Crippen LogP contribution in [0.2, 0.25) is 0 Å². The normalized spacial score (nSPS) is 14.6. The summed E-state index contributed by atoms with van der Waals surface area (Å²) in [4.78, 5) is 16.2. The Morgan fingerprint density at radius 3 is 2.71 bits per heavy atom. The van der Waals surface area contributed by atoms with Crippen molar-refractivity contribution in [1.29, 1.82) is 0 Å². The lowest BCUT2D eigenvalue weighted by Gasteiger charge is -2.07. The molecule has 2 nitrogen and oxygen atoms in total. The maximum Gasteiger partial charge on any atom is 0.166 e. The number of rotatable bonds is 3. The summed E-state index contributed by atoms with van der Waals surface area (Å²) in [5.74, 6) is 0.505. The molecule has 0 unspecified atom stereocenters. The Balaban J connectivity index is 2.07. The smallest absolute Gasteiger partial charge is 0.166 e. The maximum absolute atomic E-state index is 12.2. The molecule has 0 aliphatic heterocycles. The zero-order valence-electron chi connectivity index (χ0n) is 9.39. The van der Waals surface area contributed by atoms with Gasteiger partial charge in [0, 0.05) is 23.2 Å². The third-order valence-corrected chi connectivity index (χ3v) is 3.04. The van der Waals surface area contributed by atoms with Gasteiger partial charge in [0.2, 0.25) is 0 Å². The van der Waals surface area contributed by atoms with Crippen molar-refractivity contribution < 1.29 is 4.79 Å². The largest absolute Gasteiger partial charge is 0.294 e. The van der Waals surface area contributed by atoms with E-state index in [1.807, 2.05) is 36.4 Å². The van der Waals surface area contributed by atoms with Gasteiger partial charge in [0.05, 0.1) is 6.20 Å². The lowest BCUT2D eigenvalue weighted by atomic mass is 9.96. The first-order chi connectivity index (χ1) is 8.36. The second-order valence-electron chi connectivity index (χ2n) is 4.35. The van der Waals surface area contributed by atoms with Gasteiger partial charge in [-0.2, -0.15) is 0 Å². The molecule has 1 radical (unpaired) electrons. The molecular weight excluding hydrogens is 210 g/mol. The van der Waals surface area contributed by atoms with Crippen LogP contribution >= 0.6 is 0 Å². The Labute approximate surface area is 100 Å². The molecule has 0 atom stereocenters. The first-order valence-corrected chi connectivity index (χ1v) is 5.82. The molecule has 1 aromatic heterocycles. The van der Waals surface area contributed by atoms with E-state index >= 15 is 0 Å². The van der Waals surface area contributed by atoms with Crippen LogP contribution in [0.1, 0.15) is 23.2 Å². The van der Waals surface area contributed by atoms with Gasteiger partial charge >= 0.3 is 0 Å². The van der Waals surface area contributed by atoms with Crippen molar-refractivity contribution in [2.24, 2.45) is 5.92 Å². The lowest BCUT2D eigenvalue weighted by molar-refractivity contribution is 0.0968. The summed E-state index contributed by atoms with van der Waals surface area (Å²) in [6.07, 6.45) is 6.69. The molecule has 0 amide bonds. The van der Waals surface area contributed by atoms with E-state index in [4.69, 9.17) is 0 Å². The minimum Gasteiger partial charge on any atom is -0.294 e. The fourth-order valence-corrected chi connectivity index (χ4v) is 1.97. The summed E-state index contributed by atoms with van der Waals surface area (Å²) < 4.78 is 0. The molecule has 1 heterocycles. The van der Waals surface area contributed by atoms with Crippen LogP contribution in [0.25, 0.3) is 11.1 Å². The summed E-state index contributed by atoms with van der Waals surface area (Å²) in [6.45, 7) is 0. The summed E-state index contributed by atoms with van der Waals surface area (Å²) in [5, 5.41) is 0. The molecule has 0 saturated heterocycles. The third kappa shape index (κ3) is 1.98. The molecule has 1 fully saturated rings. The minimum atomic E-state index is 0.243. The van der Waals surface area contributed by atoms with Crippen LogP contribution in [0, 0.1) is 12.1 Å². The van der Waals surface area contributed by atoms with Crippen molar-refractivity contribution >= 4 is 5.78 Å². The molecule has 1 aliphatic rings. The summed E-state index contributed by atoms with van der Waals surface area (Å²) in [6, 6.07) is 11.5. The Hall–Kier alpha value is -1.96. The van der Waals surface area contributed by atoms with Crippen LogP contribution in [0.15, 0.2) is 42.6 Å². The molecule has 2 heteroatoms. The average Bonchev–Trinajstić information content (AvgIpc) is 3.23. The first-order valence-electron chi connectivity index (χ1n) is 5.82. The van der Waals surface area contributed by atoms with E-state index in [1.165, 1.54) is 0 Å². The number of hydrogen-bond acceptors (Lipinski definition) is 2. The zero-order chi connectivity index (χ0) is 11.7. The lowest BCUT2D eigenvalue weighted by Crippen LogP contribution is -2.03. The highest BCUT2D eigenvalue weighted by molar-refractivity contribution is 6.04. The molecule has 0 spiro atoms. The van der Waals surface area contributed by atoms with Gasteiger partial charge in [-0.15, -0.1) is 0 Å². The van der Waals surface area contributed by atoms with E-state index < -0.39 is 0 Å². The predicted molar refractivity (Wildman–Crippen MR) is 65.6 cm³/mol. The van der Waals surface area contributed by atoms with Gasteiger partial charge in [-0.1, -0.05) is 30.3 Å². The second kappa shape index (κ2) is 4.13. The van der Waals surface area contributed by atoms with Gasteiger partial charge in [0.25, 0.3) is 0 Å². The number of hydrogen-bond donors (Lipinski definition) is 0. The Morgan fingerprint density at radius 1 is 1.18 bits per heavy atom. The fourth-order valence-electron chi connectivity index (χ4n) is 1.97. The molecule has 1 saturated carbocycles. The van der Waals surface area contributed by atoms with E-state index in [2.05, 4.69) is 11.2 Å². The molecular formula is C15H12NO. The van der Waals surface area contributed by atoms with Crippen LogP contribution in [0.5, 0.6) is 0 Å². The van der Waals surface area contributed by atoms with Crippen molar-refractivity contribution in [3.63, 3.8) is 0 Å². The summed E-state index contributed by atoms with van der Waals surface area (Å²) in [5.41, 5.74) is 2.63. The second-order valence-corrected chi connectivity index (χ2v) is 4.35. The molecule has 1 aromatic carbocycles. The SMILES string of the molecule is O=C(c1ccccc1-c1[c]nccc1)C1CC1. The number of ketones is 1. The molecule has 83 valence electrons. The van der Waals surface area contributed by atoms with Crippen molar-refractivity contribution in [3.8, 4) is 11.1 Å². The Bertz CT molecular complexity index is 544. The van der Waals surface area contributed by atoms with Crippen molar-refractivity contribution in [1.82, 2.24) is 4.98 Å². The summed E-state index contributed by atoms with van der Waals surface area (Å²) >= 11 is 0. The van der Waals surface area contributed by atoms with E-state index in [0.29, 0.717) is 0 Å². The van der Waals surface area contributed by atoms with E-state index in [9.17, 15) is 4.79 Å². The maximum atomic E-state index is 12.2. The van der Waals surface area contributed by atoms with E-state index in [-0.39, 0.29) is 11.7 Å². The fraction of sp³-hybridized carbons (Fsp3) is 0.200. The van der Waals surface area contributed by atoms with E-state index in [0.717, 1.165) is 29.5 Å². The van der Waals surface area contributed by atoms with Gasteiger partial charge < -0.3 is 0 Å². The molecule has 0 N–H and O–H groups in total. The zero-order valence-corrected chi connectivity index (χ0v) is 9.39. The topological polar surface area (TPSA) is 30.0 Å². The minimum absolute atomic E-state index is 0.243. The van der Waals surface area contributed by atoms with Crippen LogP contribution in [-0.2, 0) is 0 Å². The Kier molecular flexibility index (Phi) is 2.48. The highest BCUT2D eigenvalue weighted by Crippen LogP contribution is 2.35. The average molecular weight is 222 g/mol. The van der Waals surface area contributed by atoms with Crippen LogP contribution in [0.3, 0.4) is 0 Å². The standard InChI is InChI=1S/C15H12NO/c17-15(11-7-8-11)14-6-2-1-5-13(14)12-4-3-9-16-10-12/h1-6,9,11H,7-8H2. The van der Waals surface area contributed by atoms with Crippen LogP contribution < -0.4 is 0 Å². The van der Waals surface area contributed by atoms with E-state index in [1.54, 1.807) is 6.20 Å². The number of benzene rings is 1. The van der Waals surface area contributed by atoms with Crippen molar-refractivity contribution in [2.75, 3.05) is 0 Å². The quantitative estimate of drug-likeness (QED) is 0.747. The monoisotopic (exact) mass is 222 g/mol. The number of pyridine rings is 1. The highest BCUT2D eigenvalue weighted by Gasteiger charge is 2.31. The number of aromatic nitrogens is 1. The number of Topliss-reactive ketones (excluding diaryl/α,β-unsaturated/α-hetero) is 1. The predicted octanol–water partition coefficient (Wildman–Crippen LogP) is 3.14. The van der Waals surface area contributed by atoms with Crippen molar-refractivity contribution in [3.05, 3.63) is 54.4 Å². The van der Waals surface area contributed by atoms with Gasteiger partial charge in [-0.05, 0) is 24.5 Å². The molecule has 0 bridgehead atoms. The third-order valence-electron chi connectivity index (χ3n) is 3.04. The molecule has 1 aliphatic carbocycles. The highest BCUT2D eigenvalue weighted by atomic mass is 16.1. The van der Waals surface area contributed by atoms with Gasteiger partial charge in [0.15, 0.2) is 5.78 Å². The van der Waals surface area contributed by atoms with Gasteiger partial charge in [-0.25, -0.2) is 0 Å². The summed E-state index contributed by atoms with van der Waals surface area (Å²) in [7, 11) is 0. The first kappa shape index (κ1) is 10.2. The van der Waals surface area contributed by atoms with Crippen molar-refractivity contribution in [2.45, 2.75) is 12.8 Å².